The van der Waals surface area contributed by atoms with Crippen molar-refractivity contribution < 1.29 is 9.59 Å². The number of nitrogens with one attached hydrogen (secondary N) is 4. The minimum Gasteiger partial charge on any atom is -0.338 e. The predicted octanol–water partition coefficient (Wildman–Crippen LogP) is 1.00. The molecule has 0 aliphatic heterocycles. The molecular formula is C12H26N4O2S2. The number of urea groups is 2. The van der Waals surface area contributed by atoms with Crippen molar-refractivity contribution in [2.45, 2.75) is 25.7 Å². The van der Waals surface area contributed by atoms with Crippen molar-refractivity contribution >= 4 is 37.3 Å². The molecule has 0 saturated carbocycles. The van der Waals surface area contributed by atoms with E-state index in [1.165, 1.54) is 0 Å². The van der Waals surface area contributed by atoms with Crippen molar-refractivity contribution in [3.05, 3.63) is 0 Å². The molecule has 0 aromatic heterocycles. The van der Waals surface area contributed by atoms with Crippen molar-refractivity contribution in [2.24, 2.45) is 0 Å². The van der Waals surface area contributed by atoms with Gasteiger partial charge in [0.05, 0.1) is 0 Å². The topological polar surface area (TPSA) is 82.3 Å². The van der Waals surface area contributed by atoms with Crippen LogP contribution in [0.2, 0.25) is 0 Å². The van der Waals surface area contributed by atoms with Gasteiger partial charge in [-0.15, -0.1) is 0 Å². The average molecular weight is 322 g/mol. The third kappa shape index (κ3) is 13.7. The van der Waals surface area contributed by atoms with Crippen LogP contribution in [0.1, 0.15) is 25.7 Å². The Morgan fingerprint density at radius 3 is 1.30 bits per heavy atom. The molecule has 0 fully saturated rings. The lowest BCUT2D eigenvalue weighted by molar-refractivity contribution is 0.240. The van der Waals surface area contributed by atoms with E-state index in [4.69, 9.17) is 0 Å². The zero-order valence-electron chi connectivity index (χ0n) is 11.8. The van der Waals surface area contributed by atoms with E-state index >= 15 is 0 Å². The van der Waals surface area contributed by atoms with Gasteiger partial charge in [0.1, 0.15) is 0 Å². The molecule has 0 saturated heterocycles. The van der Waals surface area contributed by atoms with Gasteiger partial charge in [-0.3, -0.25) is 0 Å². The van der Waals surface area contributed by atoms with Crippen LogP contribution in [-0.2, 0) is 0 Å². The summed E-state index contributed by atoms with van der Waals surface area (Å²) in [4.78, 5) is 22.4. The summed E-state index contributed by atoms with van der Waals surface area (Å²) in [5, 5.41) is 10.9. The van der Waals surface area contributed by atoms with Crippen molar-refractivity contribution in [3.8, 4) is 0 Å². The highest BCUT2D eigenvalue weighted by Gasteiger charge is 1.99. The van der Waals surface area contributed by atoms with Crippen LogP contribution in [0.15, 0.2) is 0 Å². The lowest BCUT2D eigenvalue weighted by Gasteiger charge is -2.07. The van der Waals surface area contributed by atoms with Crippen LogP contribution in [0.25, 0.3) is 0 Å². The van der Waals surface area contributed by atoms with Crippen molar-refractivity contribution in [2.75, 3.05) is 37.7 Å². The van der Waals surface area contributed by atoms with E-state index in [-0.39, 0.29) is 12.1 Å². The molecule has 0 aliphatic carbocycles. The SMILES string of the molecule is O=C(NCCS)NCCCCCCNC(=O)NCCS. The monoisotopic (exact) mass is 322 g/mol. The minimum atomic E-state index is -0.137. The fraction of sp³-hybridized carbons (Fsp3) is 0.833. The molecule has 6 nitrogen and oxygen atoms in total. The van der Waals surface area contributed by atoms with Crippen LogP contribution >= 0.6 is 25.3 Å². The largest absolute Gasteiger partial charge is 0.338 e. The number of rotatable bonds is 11. The quantitative estimate of drug-likeness (QED) is 0.253. The summed E-state index contributed by atoms with van der Waals surface area (Å²) in [6, 6.07) is -0.275. The van der Waals surface area contributed by atoms with Gasteiger partial charge in [-0.1, -0.05) is 12.8 Å². The van der Waals surface area contributed by atoms with Crippen LogP contribution in [0, 0.1) is 0 Å². The third-order valence-corrected chi connectivity index (χ3v) is 2.92. The van der Waals surface area contributed by atoms with Crippen LogP contribution in [0.4, 0.5) is 9.59 Å². The summed E-state index contributed by atoms with van der Waals surface area (Å²) in [6.45, 7) is 2.51. The van der Waals surface area contributed by atoms with E-state index in [0.29, 0.717) is 37.7 Å². The van der Waals surface area contributed by atoms with E-state index in [9.17, 15) is 9.59 Å². The zero-order valence-corrected chi connectivity index (χ0v) is 13.6. The maximum absolute atomic E-state index is 11.2. The first kappa shape index (κ1) is 19.2. The maximum atomic E-state index is 11.2. The Bertz CT molecular complexity index is 242. The molecule has 4 amide bonds. The number of thiol groups is 2. The molecule has 0 unspecified atom stereocenters. The summed E-state index contributed by atoms with van der Waals surface area (Å²) in [5.41, 5.74) is 0. The average Bonchev–Trinajstić information content (AvgIpc) is 2.45. The van der Waals surface area contributed by atoms with Crippen LogP contribution in [0.5, 0.6) is 0 Å². The highest BCUT2D eigenvalue weighted by atomic mass is 32.1. The molecule has 0 aromatic rings. The molecule has 8 heteroatoms. The number of amides is 4. The van der Waals surface area contributed by atoms with E-state index in [1.54, 1.807) is 0 Å². The first-order valence-corrected chi connectivity index (χ1v) is 8.22. The van der Waals surface area contributed by atoms with Gasteiger partial charge in [-0.2, -0.15) is 25.3 Å². The second kappa shape index (κ2) is 14.6. The number of unbranched alkanes of at least 4 members (excludes halogenated alkanes) is 3. The van der Waals surface area contributed by atoms with E-state index < -0.39 is 0 Å². The van der Waals surface area contributed by atoms with Gasteiger partial charge in [-0.25, -0.2) is 9.59 Å². The second-order valence-electron chi connectivity index (χ2n) is 4.23. The number of carbonyl (C=O) groups is 2. The Kier molecular flexibility index (Phi) is 14.1. The molecule has 0 rings (SSSR count). The van der Waals surface area contributed by atoms with Gasteiger partial charge in [0.25, 0.3) is 0 Å². The minimum absolute atomic E-state index is 0.137. The molecule has 0 spiro atoms. The lowest BCUT2D eigenvalue weighted by Crippen LogP contribution is -2.37. The highest BCUT2D eigenvalue weighted by molar-refractivity contribution is 7.80. The van der Waals surface area contributed by atoms with Gasteiger partial charge in [0.15, 0.2) is 0 Å². The fourth-order valence-electron chi connectivity index (χ4n) is 1.47. The summed E-state index contributed by atoms with van der Waals surface area (Å²) in [5.74, 6) is 1.28. The van der Waals surface area contributed by atoms with Gasteiger partial charge in [0, 0.05) is 37.7 Å². The van der Waals surface area contributed by atoms with Crippen LogP contribution < -0.4 is 21.3 Å². The number of hydrogen-bond acceptors (Lipinski definition) is 4. The zero-order chi connectivity index (χ0) is 15.1. The van der Waals surface area contributed by atoms with Crippen molar-refractivity contribution in [3.63, 3.8) is 0 Å². The summed E-state index contributed by atoms with van der Waals surface area (Å²) in [6.07, 6.45) is 3.96. The standard InChI is InChI=1S/C12H26N4O2S2/c17-11(15-7-9-19)13-5-3-1-2-4-6-14-12(18)16-8-10-20/h19-20H,1-10H2,(H2,13,15,17)(H2,14,16,18). The Morgan fingerprint density at radius 2 is 0.950 bits per heavy atom. The highest BCUT2D eigenvalue weighted by Crippen LogP contribution is 1.97. The normalized spacial score (nSPS) is 9.90. The van der Waals surface area contributed by atoms with Crippen molar-refractivity contribution in [1.82, 2.24) is 21.3 Å². The molecule has 4 N–H and O–H groups in total. The van der Waals surface area contributed by atoms with Gasteiger partial charge in [-0.05, 0) is 12.8 Å². The van der Waals surface area contributed by atoms with Gasteiger partial charge < -0.3 is 21.3 Å². The molecule has 20 heavy (non-hydrogen) atoms. The number of carbonyl (C=O) groups excluding carboxylic acids is 2. The summed E-state index contributed by atoms with van der Waals surface area (Å²) < 4.78 is 0. The predicted molar refractivity (Wildman–Crippen MR) is 89.0 cm³/mol. The molecule has 0 aromatic carbocycles. The number of hydrogen-bond donors (Lipinski definition) is 6. The summed E-state index contributed by atoms with van der Waals surface area (Å²) >= 11 is 8.01. The Balaban J connectivity index is 3.20. The van der Waals surface area contributed by atoms with Crippen LogP contribution in [-0.4, -0.2) is 49.7 Å². The van der Waals surface area contributed by atoms with Crippen LogP contribution in [0.3, 0.4) is 0 Å². The second-order valence-corrected chi connectivity index (χ2v) is 5.12. The molecular weight excluding hydrogens is 296 g/mol. The smallest absolute Gasteiger partial charge is 0.314 e. The first-order valence-electron chi connectivity index (χ1n) is 6.95. The summed E-state index contributed by atoms with van der Waals surface area (Å²) in [7, 11) is 0. The third-order valence-electron chi connectivity index (χ3n) is 2.47. The van der Waals surface area contributed by atoms with E-state index in [2.05, 4.69) is 46.5 Å². The van der Waals surface area contributed by atoms with E-state index in [0.717, 1.165) is 25.7 Å². The molecule has 0 atom stereocenters. The first-order chi connectivity index (χ1) is 9.70. The molecule has 0 bridgehead atoms. The lowest BCUT2D eigenvalue weighted by atomic mass is 10.2. The molecule has 0 heterocycles. The Hall–Kier alpha value is -0.760. The van der Waals surface area contributed by atoms with E-state index in [1.807, 2.05) is 0 Å². The Labute approximate surface area is 132 Å². The van der Waals surface area contributed by atoms with Gasteiger partial charge >= 0.3 is 12.1 Å². The Morgan fingerprint density at radius 1 is 0.600 bits per heavy atom. The molecule has 118 valence electrons. The maximum Gasteiger partial charge on any atom is 0.314 e. The molecule has 0 aliphatic rings. The van der Waals surface area contributed by atoms with Crippen molar-refractivity contribution in [1.29, 1.82) is 0 Å². The van der Waals surface area contributed by atoms with Gasteiger partial charge in [0.2, 0.25) is 0 Å². The molecule has 0 radical (unpaired) electrons. The fourth-order valence-corrected chi connectivity index (χ4v) is 1.69.